The van der Waals surface area contributed by atoms with Gasteiger partial charge in [-0.25, -0.2) is 0 Å². The summed E-state index contributed by atoms with van der Waals surface area (Å²) in [6.07, 6.45) is 9.07. The fourth-order valence-electron chi connectivity index (χ4n) is 2.73. The lowest BCUT2D eigenvalue weighted by Crippen LogP contribution is -2.26. The van der Waals surface area contributed by atoms with Crippen LogP contribution in [0, 0.1) is 0 Å². The number of hydrogen-bond acceptors (Lipinski definition) is 3. The fraction of sp³-hybridized carbons (Fsp3) is 0.259. The third-order valence-electron chi connectivity index (χ3n) is 4.30. The van der Waals surface area contributed by atoms with Crippen LogP contribution in [0.3, 0.4) is 0 Å². The molecular formula is C27H35N3O. The van der Waals surface area contributed by atoms with E-state index in [0.717, 1.165) is 39.5 Å². The molecular weight excluding hydrogens is 382 g/mol. The molecule has 0 aliphatic rings. The highest BCUT2D eigenvalue weighted by Gasteiger charge is 2.10. The van der Waals surface area contributed by atoms with Crippen molar-refractivity contribution in [3.63, 3.8) is 0 Å². The minimum atomic E-state index is 0.622. The summed E-state index contributed by atoms with van der Waals surface area (Å²) in [5.41, 5.74) is 4.90. The van der Waals surface area contributed by atoms with Gasteiger partial charge in [-0.05, 0) is 54.6 Å². The zero-order valence-corrected chi connectivity index (χ0v) is 19.5. The molecule has 4 nitrogen and oxygen atoms in total. The van der Waals surface area contributed by atoms with Crippen molar-refractivity contribution < 1.29 is 4.74 Å². The average molecular weight is 418 g/mol. The number of ether oxygens (including phenoxy) is 1. The SMILES string of the molecule is C=C/C(=C\C=C/C)CNC(=NC)c1ccc(-c2ccc(OC)cc2)cc1N=C.CCC. The van der Waals surface area contributed by atoms with Crippen LogP contribution in [0.2, 0.25) is 0 Å². The normalized spacial score (nSPS) is 11.5. The van der Waals surface area contributed by atoms with Crippen molar-refractivity contribution in [3.05, 3.63) is 84.5 Å². The standard InChI is InChI=1S/C24H27N3O.C3H8/c1-6-8-9-18(7-2)17-27-24(26-4)22-15-12-20(16-23(22)25-3)19-10-13-21(28-5)14-11-19;1-3-2/h6-16H,2-3,17H2,1,4-5H3,(H,26,27);3H2,1-2H3/b8-6-,18-9+;. The number of rotatable bonds is 8. The second-order valence-electron chi connectivity index (χ2n) is 6.72. The molecule has 0 aromatic heterocycles. The highest BCUT2D eigenvalue weighted by molar-refractivity contribution is 6.04. The van der Waals surface area contributed by atoms with Gasteiger partial charge in [0.05, 0.1) is 12.8 Å². The maximum absolute atomic E-state index is 5.23. The summed E-state index contributed by atoms with van der Waals surface area (Å²) in [4.78, 5) is 8.61. The number of benzene rings is 2. The molecule has 164 valence electrons. The quantitative estimate of drug-likeness (QED) is 0.293. The summed E-state index contributed by atoms with van der Waals surface area (Å²) in [7, 11) is 3.42. The van der Waals surface area contributed by atoms with E-state index < -0.39 is 0 Å². The summed E-state index contributed by atoms with van der Waals surface area (Å²) in [5.74, 6) is 1.59. The van der Waals surface area contributed by atoms with Crippen LogP contribution in [0.1, 0.15) is 32.8 Å². The van der Waals surface area contributed by atoms with E-state index in [-0.39, 0.29) is 0 Å². The molecule has 0 amide bonds. The molecule has 0 unspecified atom stereocenters. The Morgan fingerprint density at radius 3 is 2.26 bits per heavy atom. The number of amidine groups is 1. The molecule has 0 aliphatic carbocycles. The summed E-state index contributed by atoms with van der Waals surface area (Å²) >= 11 is 0. The van der Waals surface area contributed by atoms with E-state index in [1.54, 1.807) is 14.2 Å². The van der Waals surface area contributed by atoms with Gasteiger partial charge in [-0.1, -0.05) is 69.4 Å². The van der Waals surface area contributed by atoms with Crippen molar-refractivity contribution in [2.45, 2.75) is 27.2 Å². The largest absolute Gasteiger partial charge is 0.497 e. The van der Waals surface area contributed by atoms with Gasteiger partial charge in [-0.2, -0.15) is 0 Å². The van der Waals surface area contributed by atoms with Gasteiger partial charge < -0.3 is 10.1 Å². The Balaban J connectivity index is 0.00000151. The molecule has 0 saturated carbocycles. The Labute approximate surface area is 187 Å². The number of hydrogen-bond donors (Lipinski definition) is 1. The molecule has 0 aliphatic heterocycles. The smallest absolute Gasteiger partial charge is 0.130 e. The first-order valence-corrected chi connectivity index (χ1v) is 10.5. The first-order valence-electron chi connectivity index (χ1n) is 10.5. The van der Waals surface area contributed by atoms with Crippen LogP contribution in [-0.2, 0) is 0 Å². The summed E-state index contributed by atoms with van der Waals surface area (Å²) in [5, 5.41) is 3.37. The van der Waals surface area contributed by atoms with Crippen LogP contribution in [0.5, 0.6) is 5.75 Å². The van der Waals surface area contributed by atoms with Crippen molar-refractivity contribution in [1.29, 1.82) is 0 Å². The highest BCUT2D eigenvalue weighted by Crippen LogP contribution is 2.29. The third kappa shape index (κ3) is 8.09. The molecule has 0 atom stereocenters. The lowest BCUT2D eigenvalue weighted by atomic mass is 10.0. The topological polar surface area (TPSA) is 46.0 Å². The van der Waals surface area contributed by atoms with Crippen LogP contribution in [-0.4, -0.2) is 33.3 Å². The molecule has 2 rings (SSSR count). The van der Waals surface area contributed by atoms with Gasteiger partial charge in [-0.3, -0.25) is 9.98 Å². The molecule has 2 aromatic rings. The Hall–Kier alpha value is -3.40. The zero-order chi connectivity index (χ0) is 23.1. The predicted octanol–water partition coefficient (Wildman–Crippen LogP) is 6.77. The van der Waals surface area contributed by atoms with Crippen LogP contribution < -0.4 is 10.1 Å². The van der Waals surface area contributed by atoms with Crippen LogP contribution in [0.4, 0.5) is 5.69 Å². The Kier molecular flexibility index (Phi) is 12.0. The van der Waals surface area contributed by atoms with Crippen molar-refractivity contribution in [2.75, 3.05) is 20.7 Å². The van der Waals surface area contributed by atoms with Crippen molar-refractivity contribution in [1.82, 2.24) is 5.32 Å². The summed E-state index contributed by atoms with van der Waals surface area (Å²) in [6.45, 7) is 14.4. The fourth-order valence-corrected chi connectivity index (χ4v) is 2.73. The molecule has 2 aromatic carbocycles. The third-order valence-corrected chi connectivity index (χ3v) is 4.30. The van der Waals surface area contributed by atoms with E-state index in [4.69, 9.17) is 4.74 Å². The van der Waals surface area contributed by atoms with Crippen molar-refractivity contribution in [2.24, 2.45) is 9.98 Å². The van der Waals surface area contributed by atoms with E-state index >= 15 is 0 Å². The summed E-state index contributed by atoms with van der Waals surface area (Å²) < 4.78 is 5.23. The van der Waals surface area contributed by atoms with Gasteiger partial charge >= 0.3 is 0 Å². The summed E-state index contributed by atoms with van der Waals surface area (Å²) in [6, 6.07) is 14.0. The first kappa shape index (κ1) is 25.6. The Bertz CT molecular complexity index is 922. The van der Waals surface area contributed by atoms with E-state index in [9.17, 15) is 0 Å². The van der Waals surface area contributed by atoms with Gasteiger partial charge in [0.15, 0.2) is 0 Å². The molecule has 0 spiro atoms. The number of nitrogens with one attached hydrogen (secondary N) is 1. The van der Waals surface area contributed by atoms with Gasteiger partial charge in [-0.15, -0.1) is 0 Å². The maximum Gasteiger partial charge on any atom is 0.130 e. The molecule has 0 radical (unpaired) electrons. The second-order valence-corrected chi connectivity index (χ2v) is 6.72. The van der Waals surface area contributed by atoms with Crippen LogP contribution in [0.25, 0.3) is 11.1 Å². The maximum atomic E-state index is 5.23. The zero-order valence-electron chi connectivity index (χ0n) is 19.5. The number of aliphatic imine (C=N–C) groups is 2. The molecule has 0 heterocycles. The Morgan fingerprint density at radius 2 is 1.74 bits per heavy atom. The Morgan fingerprint density at radius 1 is 1.10 bits per heavy atom. The number of methoxy groups -OCH3 is 1. The molecule has 4 heteroatoms. The lowest BCUT2D eigenvalue weighted by molar-refractivity contribution is 0.415. The van der Waals surface area contributed by atoms with E-state index in [1.807, 2.05) is 67.6 Å². The van der Waals surface area contributed by atoms with Gasteiger partial charge in [0.1, 0.15) is 11.6 Å². The molecule has 1 N–H and O–H groups in total. The van der Waals surface area contributed by atoms with E-state index in [1.165, 1.54) is 6.42 Å². The van der Waals surface area contributed by atoms with Gasteiger partial charge in [0.25, 0.3) is 0 Å². The molecule has 0 fully saturated rings. The average Bonchev–Trinajstić information content (AvgIpc) is 2.82. The highest BCUT2D eigenvalue weighted by atomic mass is 16.5. The monoisotopic (exact) mass is 417 g/mol. The number of nitrogens with zero attached hydrogens (tertiary/aromatic N) is 2. The van der Waals surface area contributed by atoms with Crippen molar-refractivity contribution >= 4 is 18.2 Å². The van der Waals surface area contributed by atoms with Crippen LogP contribution in [0.15, 0.2) is 88.9 Å². The second kappa shape index (κ2) is 14.6. The number of allylic oxidation sites excluding steroid dienone is 3. The molecule has 31 heavy (non-hydrogen) atoms. The minimum absolute atomic E-state index is 0.622. The molecule has 0 bridgehead atoms. The van der Waals surface area contributed by atoms with E-state index in [2.05, 4.69) is 48.5 Å². The predicted molar refractivity (Wildman–Crippen MR) is 137 cm³/mol. The van der Waals surface area contributed by atoms with Crippen LogP contribution >= 0.6 is 0 Å². The first-order chi connectivity index (χ1) is 15.1. The van der Waals surface area contributed by atoms with E-state index in [0.29, 0.717) is 6.54 Å². The van der Waals surface area contributed by atoms with Crippen molar-refractivity contribution in [3.8, 4) is 16.9 Å². The van der Waals surface area contributed by atoms with Gasteiger partial charge in [0, 0.05) is 19.2 Å². The molecule has 0 saturated heterocycles. The van der Waals surface area contributed by atoms with Gasteiger partial charge in [0.2, 0.25) is 0 Å². The lowest BCUT2D eigenvalue weighted by Gasteiger charge is -2.14. The minimum Gasteiger partial charge on any atom is -0.497 e.